The molecule has 4 aliphatic rings. The van der Waals surface area contributed by atoms with Crippen molar-refractivity contribution < 1.29 is 59.5 Å². The molecule has 0 unspecified atom stereocenters. The van der Waals surface area contributed by atoms with E-state index in [0.717, 1.165) is 0 Å². The smallest absolute Gasteiger partial charge is 1.00 e. The zero-order chi connectivity index (χ0) is 28.2. The molecule has 2 nitrogen and oxygen atoms in total. The summed E-state index contributed by atoms with van der Waals surface area (Å²) < 4.78 is 13.2. The summed E-state index contributed by atoms with van der Waals surface area (Å²) in [5, 5.41) is 0.669. The van der Waals surface area contributed by atoms with Crippen molar-refractivity contribution in [3.63, 3.8) is 0 Å². The zero-order valence-corrected chi connectivity index (χ0v) is 35.0. The van der Waals surface area contributed by atoms with Crippen LogP contribution in [0.25, 0.3) is 0 Å². The van der Waals surface area contributed by atoms with Crippen molar-refractivity contribution in [2.75, 3.05) is 0 Å². The van der Waals surface area contributed by atoms with E-state index in [1.165, 1.54) is 88.2 Å². The van der Waals surface area contributed by atoms with Crippen LogP contribution in [0.5, 0.6) is 0 Å². The van der Waals surface area contributed by atoms with Crippen molar-refractivity contribution in [3.05, 3.63) is 46.6 Å². The van der Waals surface area contributed by atoms with E-state index in [1.807, 2.05) is 0 Å². The third kappa shape index (κ3) is 10.4. The first-order valence-electron chi connectivity index (χ1n) is 15.7. The fraction of sp³-hybridized carbons (Fsp3) is 0.765. The molecular formula is C34H58Cl2HfO2Si2. The molecule has 0 N–H and O–H groups in total. The zero-order valence-electron chi connectivity index (χ0n) is 27.9. The van der Waals surface area contributed by atoms with Crippen LogP contribution in [-0.4, -0.2) is 28.8 Å². The van der Waals surface area contributed by atoms with Crippen LogP contribution < -0.4 is 24.8 Å². The van der Waals surface area contributed by atoms with Gasteiger partial charge in [0.05, 0.1) is 0 Å². The molecule has 0 spiro atoms. The normalized spacial score (nSPS) is 22.2. The molecule has 4 rings (SSSR count). The molecule has 0 saturated heterocycles. The first kappa shape index (κ1) is 41.8. The van der Waals surface area contributed by atoms with Gasteiger partial charge in [0.1, 0.15) is 0 Å². The van der Waals surface area contributed by atoms with E-state index in [0.29, 0.717) is 10.1 Å². The second-order valence-electron chi connectivity index (χ2n) is 14.4. The fourth-order valence-corrected chi connectivity index (χ4v) is 10.3. The van der Waals surface area contributed by atoms with Gasteiger partial charge in [0.15, 0.2) is 16.6 Å². The Kier molecular flexibility index (Phi) is 17.8. The molecule has 4 aliphatic carbocycles. The maximum absolute atomic E-state index is 6.62. The molecule has 232 valence electrons. The molecule has 0 heterocycles. The van der Waals surface area contributed by atoms with Crippen LogP contribution in [0.15, 0.2) is 34.4 Å². The number of allylic oxidation sites excluding steroid dienone is 4. The fourth-order valence-electron chi connectivity index (χ4n) is 6.36. The van der Waals surface area contributed by atoms with Crippen molar-refractivity contribution in [1.82, 2.24) is 0 Å². The first-order valence-corrected chi connectivity index (χ1v) is 21.5. The molecule has 0 radical (unpaired) electrons. The third-order valence-electron chi connectivity index (χ3n) is 10.4. The summed E-state index contributed by atoms with van der Waals surface area (Å²) in [6, 6.07) is 0. The van der Waals surface area contributed by atoms with E-state index in [4.69, 9.17) is 8.85 Å². The number of rotatable bonds is 10. The van der Waals surface area contributed by atoms with Crippen LogP contribution in [0.3, 0.4) is 0 Å². The van der Waals surface area contributed by atoms with Crippen LogP contribution in [0.4, 0.5) is 0 Å². The molecule has 0 aromatic heterocycles. The van der Waals surface area contributed by atoms with Gasteiger partial charge in [-0.3, -0.25) is 0 Å². The van der Waals surface area contributed by atoms with Gasteiger partial charge in [0.2, 0.25) is 0 Å². The molecule has 0 fully saturated rings. The average Bonchev–Trinajstić information content (AvgIpc) is 3.43. The van der Waals surface area contributed by atoms with E-state index in [9.17, 15) is 0 Å². The molecule has 0 bridgehead atoms. The van der Waals surface area contributed by atoms with Crippen molar-refractivity contribution in [3.8, 4) is 0 Å². The molecule has 0 saturated carbocycles. The molecule has 0 aromatic rings. The predicted octanol–water partition coefficient (Wildman–Crippen LogP) is 4.81. The van der Waals surface area contributed by atoms with Gasteiger partial charge >= 0.3 is 25.8 Å². The quantitative estimate of drug-likeness (QED) is 0.234. The maximum atomic E-state index is 6.62. The summed E-state index contributed by atoms with van der Waals surface area (Å²) in [7, 11) is -3.42. The minimum Gasteiger partial charge on any atom is -1.00 e. The molecule has 0 aromatic carbocycles. The summed E-state index contributed by atoms with van der Waals surface area (Å²) in [5.74, 6) is 0. The Morgan fingerprint density at radius 1 is 0.659 bits per heavy atom. The van der Waals surface area contributed by atoms with Crippen molar-refractivity contribution >= 4 is 16.6 Å². The second-order valence-corrected chi connectivity index (χ2v) is 23.6. The van der Waals surface area contributed by atoms with Crippen molar-refractivity contribution in [1.29, 1.82) is 0 Å². The van der Waals surface area contributed by atoms with Gasteiger partial charge in [0, 0.05) is 0 Å². The Hall–Kier alpha value is 0.764. The van der Waals surface area contributed by atoms with Crippen LogP contribution in [-0.2, 0) is 34.7 Å². The number of hydrogen-bond acceptors (Lipinski definition) is 2. The topological polar surface area (TPSA) is 18.5 Å². The Morgan fingerprint density at radius 2 is 0.976 bits per heavy atom. The van der Waals surface area contributed by atoms with Gasteiger partial charge in [0.25, 0.3) is 0 Å². The molecule has 0 aliphatic heterocycles. The van der Waals surface area contributed by atoms with Crippen LogP contribution in [0, 0.1) is 12.2 Å². The first-order chi connectivity index (χ1) is 17.7. The number of hydrogen-bond donors (Lipinski definition) is 0. The van der Waals surface area contributed by atoms with Crippen LogP contribution in [0.1, 0.15) is 119 Å². The average molecular weight is 804 g/mol. The third-order valence-corrected chi connectivity index (χ3v) is 19.1. The van der Waals surface area contributed by atoms with Gasteiger partial charge < -0.3 is 33.7 Å². The van der Waals surface area contributed by atoms with E-state index >= 15 is 0 Å². The van der Waals surface area contributed by atoms with E-state index < -0.39 is 16.6 Å². The Labute approximate surface area is 287 Å². The summed E-state index contributed by atoms with van der Waals surface area (Å²) in [5.41, 5.74) is 6.13. The molecule has 7 heteroatoms. The van der Waals surface area contributed by atoms with Gasteiger partial charge in [-0.05, 0) is 74.2 Å². The standard InChI is InChI=1S/2C17H29OSi.2ClH.Hf/c2*1-6-13-17(2,3)19(4,5)18-16-12-11-14-9-7-8-10-15(14)16;;;/h2*11,16H,6-10,13H2,1-5H3;2*1H;/q2*-1;;;+4/p-2/t2*16-;;;/m10.../s1. The summed E-state index contributed by atoms with van der Waals surface area (Å²) in [4.78, 5) is 0. The Balaban J connectivity index is 0.000000727. The Bertz CT molecular complexity index is 874. The minimum absolute atomic E-state index is 0. The molecule has 41 heavy (non-hydrogen) atoms. The van der Waals surface area contributed by atoms with E-state index in [1.54, 1.807) is 11.1 Å². The molecule has 0 amide bonds. The minimum atomic E-state index is -1.71. The largest absolute Gasteiger partial charge is 4.00 e. The Morgan fingerprint density at radius 3 is 1.29 bits per heavy atom. The maximum Gasteiger partial charge on any atom is 4.00 e. The van der Waals surface area contributed by atoms with Gasteiger partial charge in [-0.2, -0.15) is 11.1 Å². The molecular weight excluding hydrogens is 746 g/mol. The van der Waals surface area contributed by atoms with Crippen LogP contribution in [0.2, 0.25) is 36.3 Å². The van der Waals surface area contributed by atoms with Crippen molar-refractivity contribution in [2.24, 2.45) is 0 Å². The second kappa shape index (κ2) is 17.5. The van der Waals surface area contributed by atoms with E-state index in [-0.39, 0.29) is 62.9 Å². The predicted molar refractivity (Wildman–Crippen MR) is 169 cm³/mol. The van der Waals surface area contributed by atoms with Crippen LogP contribution >= 0.6 is 0 Å². The van der Waals surface area contributed by atoms with Crippen molar-refractivity contribution in [2.45, 2.75) is 167 Å². The number of halogens is 2. The van der Waals surface area contributed by atoms with Gasteiger partial charge in [-0.25, -0.2) is 24.3 Å². The molecule has 2 atom stereocenters. The van der Waals surface area contributed by atoms with Gasteiger partial charge in [-0.1, -0.05) is 92.9 Å². The van der Waals surface area contributed by atoms with Gasteiger partial charge in [-0.15, -0.1) is 11.1 Å². The summed E-state index contributed by atoms with van der Waals surface area (Å²) in [6.45, 7) is 23.6. The summed E-state index contributed by atoms with van der Waals surface area (Å²) in [6.07, 6.45) is 27.0. The monoisotopic (exact) mass is 804 g/mol. The van der Waals surface area contributed by atoms with E-state index in [2.05, 4.69) is 92.0 Å². The summed E-state index contributed by atoms with van der Waals surface area (Å²) >= 11 is 0. The SMILES string of the molecule is CCCC(C)(C)[Si](C)(C)O[C@@H]1[C-]=CC2=C1CCCC2.CCCC(C)(C)[Si](C)(C)O[C@H]1[C-]=CC2=C1CCCC2.[Cl-].[Cl-].[Hf+4].